The van der Waals surface area contributed by atoms with E-state index in [1.165, 1.54) is 6.42 Å². The molecular formula is C17H33IN4O2. The summed E-state index contributed by atoms with van der Waals surface area (Å²) in [6.45, 7) is 12.2. The quantitative estimate of drug-likeness (QED) is 0.232. The van der Waals surface area contributed by atoms with Gasteiger partial charge in [0.1, 0.15) is 6.54 Å². The number of rotatable bonds is 11. The molecule has 0 saturated heterocycles. The van der Waals surface area contributed by atoms with Gasteiger partial charge in [0.25, 0.3) is 0 Å². The van der Waals surface area contributed by atoms with Crippen molar-refractivity contribution in [2.45, 2.75) is 59.4 Å². The summed E-state index contributed by atoms with van der Waals surface area (Å²) in [6.07, 6.45) is 3.27. The molecule has 0 fully saturated rings. The molecule has 0 unspecified atom stereocenters. The second-order valence-electron chi connectivity index (χ2n) is 5.81. The van der Waals surface area contributed by atoms with Crippen LogP contribution in [0.5, 0.6) is 0 Å². The number of guanidine groups is 1. The second kappa shape index (κ2) is 14.5. The zero-order valence-corrected chi connectivity index (χ0v) is 17.8. The lowest BCUT2D eigenvalue weighted by atomic mass is 10.1. The molecule has 1 heterocycles. The Kier molecular flexibility index (Phi) is 14.0. The highest BCUT2D eigenvalue weighted by molar-refractivity contribution is 14.0. The Balaban J connectivity index is 0.00000529. The largest absolute Gasteiger partial charge is 0.381 e. The van der Waals surface area contributed by atoms with Crippen molar-refractivity contribution in [2.75, 3.05) is 26.3 Å². The van der Waals surface area contributed by atoms with Crippen LogP contribution in [0.3, 0.4) is 0 Å². The molecule has 1 rings (SSSR count). The summed E-state index contributed by atoms with van der Waals surface area (Å²) in [6, 6.07) is 1.97. The average Bonchev–Trinajstić information content (AvgIpc) is 3.01. The summed E-state index contributed by atoms with van der Waals surface area (Å²) in [5, 5.41) is 10.6. The van der Waals surface area contributed by atoms with Crippen LogP contribution in [0, 0.1) is 0 Å². The van der Waals surface area contributed by atoms with Crippen molar-refractivity contribution in [3.05, 3.63) is 17.5 Å². The topological polar surface area (TPSA) is 71.7 Å². The van der Waals surface area contributed by atoms with Crippen LogP contribution in [-0.4, -0.2) is 37.4 Å². The molecule has 0 aliphatic rings. The normalized spacial score (nSPS) is 11.5. The van der Waals surface area contributed by atoms with Crippen molar-refractivity contribution in [1.82, 2.24) is 15.8 Å². The number of halogens is 1. The Bertz CT molecular complexity index is 450. The molecule has 0 radical (unpaired) electrons. The molecule has 0 spiro atoms. The summed E-state index contributed by atoms with van der Waals surface area (Å²) in [7, 11) is 0. The van der Waals surface area contributed by atoms with E-state index in [1.807, 2.05) is 6.07 Å². The maximum atomic E-state index is 5.55. The first-order chi connectivity index (χ1) is 11.2. The van der Waals surface area contributed by atoms with Crippen LogP contribution in [0.1, 0.15) is 64.3 Å². The van der Waals surface area contributed by atoms with Gasteiger partial charge < -0.3 is 19.9 Å². The number of hydrogen-bond donors (Lipinski definition) is 2. The summed E-state index contributed by atoms with van der Waals surface area (Å²) in [5.41, 5.74) is 0.970. The van der Waals surface area contributed by atoms with E-state index in [0.29, 0.717) is 12.5 Å². The predicted molar refractivity (Wildman–Crippen MR) is 109 cm³/mol. The number of aliphatic imine (C=N–C) groups is 1. The molecule has 0 aromatic carbocycles. The van der Waals surface area contributed by atoms with Gasteiger partial charge in [-0.05, 0) is 25.7 Å². The van der Waals surface area contributed by atoms with Crippen molar-refractivity contribution in [3.8, 4) is 0 Å². The molecule has 0 atom stereocenters. The van der Waals surface area contributed by atoms with E-state index < -0.39 is 0 Å². The van der Waals surface area contributed by atoms with Gasteiger partial charge >= 0.3 is 0 Å². The van der Waals surface area contributed by atoms with Crippen molar-refractivity contribution in [2.24, 2.45) is 4.99 Å². The fraction of sp³-hybridized carbons (Fsp3) is 0.765. The van der Waals surface area contributed by atoms with Crippen LogP contribution in [0.25, 0.3) is 0 Å². The summed E-state index contributed by atoms with van der Waals surface area (Å²) >= 11 is 0. The zero-order valence-electron chi connectivity index (χ0n) is 15.4. The van der Waals surface area contributed by atoms with Crippen molar-refractivity contribution in [3.63, 3.8) is 0 Å². The lowest BCUT2D eigenvalue weighted by Gasteiger charge is -2.10. The van der Waals surface area contributed by atoms with Crippen LogP contribution >= 0.6 is 24.0 Å². The minimum absolute atomic E-state index is 0. The Morgan fingerprint density at radius 2 is 2.00 bits per heavy atom. The van der Waals surface area contributed by atoms with Crippen molar-refractivity contribution >= 4 is 29.9 Å². The molecule has 1 aromatic rings. The SMILES string of the molecule is CCCCOCCCNC(=NCc1cc(C(C)C)no1)NCC.I. The Morgan fingerprint density at radius 3 is 2.62 bits per heavy atom. The molecule has 7 heteroatoms. The Morgan fingerprint density at radius 1 is 1.25 bits per heavy atom. The molecule has 24 heavy (non-hydrogen) atoms. The lowest BCUT2D eigenvalue weighted by Crippen LogP contribution is -2.38. The fourth-order valence-electron chi connectivity index (χ4n) is 1.90. The molecule has 6 nitrogen and oxygen atoms in total. The number of hydrogen-bond acceptors (Lipinski definition) is 4. The number of nitrogens with one attached hydrogen (secondary N) is 2. The van der Waals surface area contributed by atoms with E-state index >= 15 is 0 Å². The monoisotopic (exact) mass is 452 g/mol. The third kappa shape index (κ3) is 10.1. The van der Waals surface area contributed by atoms with Gasteiger partial charge in [-0.15, -0.1) is 24.0 Å². The fourth-order valence-corrected chi connectivity index (χ4v) is 1.90. The van der Waals surface area contributed by atoms with Crippen LogP contribution in [-0.2, 0) is 11.3 Å². The zero-order chi connectivity index (χ0) is 16.9. The highest BCUT2D eigenvalue weighted by Gasteiger charge is 2.07. The third-order valence-electron chi connectivity index (χ3n) is 3.31. The van der Waals surface area contributed by atoms with Gasteiger partial charge in [-0.2, -0.15) is 0 Å². The molecule has 0 aliphatic heterocycles. The third-order valence-corrected chi connectivity index (χ3v) is 3.31. The average molecular weight is 452 g/mol. The molecule has 0 saturated carbocycles. The maximum absolute atomic E-state index is 5.55. The molecule has 1 aromatic heterocycles. The van der Waals surface area contributed by atoms with Crippen LogP contribution in [0.4, 0.5) is 0 Å². The van der Waals surface area contributed by atoms with Crippen LogP contribution < -0.4 is 10.6 Å². The number of unbranched alkanes of at least 4 members (excludes halogenated alkanes) is 1. The van der Waals surface area contributed by atoms with Crippen molar-refractivity contribution in [1.29, 1.82) is 0 Å². The van der Waals surface area contributed by atoms with Crippen LogP contribution in [0.2, 0.25) is 0 Å². The summed E-state index contributed by atoms with van der Waals surface area (Å²) < 4.78 is 10.8. The maximum Gasteiger partial charge on any atom is 0.191 e. The molecule has 2 N–H and O–H groups in total. The predicted octanol–water partition coefficient (Wildman–Crippen LogP) is 3.68. The van der Waals surface area contributed by atoms with E-state index in [2.05, 4.69) is 48.5 Å². The lowest BCUT2D eigenvalue weighted by molar-refractivity contribution is 0.129. The molecule has 0 amide bonds. The van der Waals surface area contributed by atoms with E-state index in [-0.39, 0.29) is 24.0 Å². The number of nitrogens with zero attached hydrogens (tertiary/aromatic N) is 2. The highest BCUT2D eigenvalue weighted by atomic mass is 127. The number of ether oxygens (including phenoxy) is 1. The van der Waals surface area contributed by atoms with Crippen LogP contribution in [0.15, 0.2) is 15.6 Å². The summed E-state index contributed by atoms with van der Waals surface area (Å²) in [5.74, 6) is 1.95. The van der Waals surface area contributed by atoms with E-state index in [1.54, 1.807) is 0 Å². The minimum Gasteiger partial charge on any atom is -0.381 e. The van der Waals surface area contributed by atoms with Gasteiger partial charge in [0, 0.05) is 32.4 Å². The molecule has 0 bridgehead atoms. The first-order valence-corrected chi connectivity index (χ1v) is 8.72. The smallest absolute Gasteiger partial charge is 0.191 e. The second-order valence-corrected chi connectivity index (χ2v) is 5.81. The number of aromatic nitrogens is 1. The first kappa shape index (κ1) is 23.2. The standard InChI is InChI=1S/C17H32N4O2.HI/c1-5-7-10-22-11-8-9-19-17(18-6-2)20-13-15-12-16(14(3)4)21-23-15;/h12,14H,5-11,13H2,1-4H3,(H2,18,19,20);1H. The molecular weight excluding hydrogens is 419 g/mol. The Labute approximate surface area is 163 Å². The summed E-state index contributed by atoms with van der Waals surface area (Å²) in [4.78, 5) is 4.52. The van der Waals surface area contributed by atoms with Crippen molar-refractivity contribution < 1.29 is 9.26 Å². The highest BCUT2D eigenvalue weighted by Crippen LogP contribution is 2.14. The van der Waals surface area contributed by atoms with E-state index in [9.17, 15) is 0 Å². The van der Waals surface area contributed by atoms with Gasteiger partial charge in [-0.3, -0.25) is 0 Å². The van der Waals surface area contributed by atoms with Gasteiger partial charge in [0.05, 0.1) is 5.69 Å². The van der Waals surface area contributed by atoms with Gasteiger partial charge in [-0.25, -0.2) is 4.99 Å². The minimum atomic E-state index is 0. The van der Waals surface area contributed by atoms with Gasteiger partial charge in [-0.1, -0.05) is 32.3 Å². The molecule has 0 aliphatic carbocycles. The Hall–Kier alpha value is -0.830. The molecule has 140 valence electrons. The van der Waals surface area contributed by atoms with E-state index in [0.717, 1.165) is 56.6 Å². The van der Waals surface area contributed by atoms with E-state index in [4.69, 9.17) is 9.26 Å². The van der Waals surface area contributed by atoms with Gasteiger partial charge in [0.15, 0.2) is 11.7 Å². The first-order valence-electron chi connectivity index (χ1n) is 8.72. The van der Waals surface area contributed by atoms with Gasteiger partial charge in [0.2, 0.25) is 0 Å².